The minimum Gasteiger partial charge on any atom is -0.292 e. The number of benzene rings is 9. The summed E-state index contributed by atoms with van der Waals surface area (Å²) < 4.78 is 2.23. The molecule has 0 unspecified atom stereocenters. The molecule has 0 spiro atoms. The molecule has 0 saturated heterocycles. The first-order chi connectivity index (χ1) is 32.2. The van der Waals surface area contributed by atoms with Crippen molar-refractivity contribution in [2.24, 2.45) is 0 Å². The Kier molecular flexibility index (Phi) is 9.38. The molecule has 6 nitrogen and oxygen atoms in total. The Hall–Kier alpha value is -8.87. The van der Waals surface area contributed by atoms with Gasteiger partial charge in [0.1, 0.15) is 5.82 Å². The Morgan fingerprint density at radius 3 is 1.28 bits per heavy atom. The number of hydrogen-bond donors (Lipinski definition) is 0. The zero-order valence-corrected chi connectivity index (χ0v) is 35.1. The number of nitrogens with zero attached hydrogens (tertiary/aromatic N) is 6. The van der Waals surface area contributed by atoms with Crippen LogP contribution in [0.25, 0.3) is 117 Å². The van der Waals surface area contributed by atoms with Gasteiger partial charge in [-0.2, -0.15) is 0 Å². The molecule has 12 aromatic rings. The van der Waals surface area contributed by atoms with Gasteiger partial charge in [0.2, 0.25) is 0 Å². The van der Waals surface area contributed by atoms with Gasteiger partial charge in [0.05, 0.1) is 33.8 Å². The van der Waals surface area contributed by atoms with E-state index in [1.54, 1.807) is 0 Å². The molecular weight excluding hydrogens is 793 g/mol. The molecule has 304 valence electrons. The van der Waals surface area contributed by atoms with Gasteiger partial charge in [-0.05, 0) is 76.1 Å². The predicted octanol–water partition coefficient (Wildman–Crippen LogP) is 14.6. The van der Waals surface area contributed by atoms with E-state index >= 15 is 0 Å². The van der Waals surface area contributed by atoms with Gasteiger partial charge in [-0.1, -0.05) is 176 Å². The smallest absolute Gasteiger partial charge is 0.160 e. The Labute approximate surface area is 375 Å². The number of rotatable bonds is 8. The van der Waals surface area contributed by atoms with Crippen molar-refractivity contribution in [3.63, 3.8) is 0 Å². The highest BCUT2D eigenvalue weighted by Gasteiger charge is 2.21. The van der Waals surface area contributed by atoms with Crippen LogP contribution < -0.4 is 0 Å². The first kappa shape index (κ1) is 37.9. The molecule has 0 amide bonds. The Balaban J connectivity index is 1.15. The molecule has 0 saturated carbocycles. The maximum atomic E-state index is 5.43. The average Bonchev–Trinajstić information content (AvgIpc) is 3.79. The normalized spacial score (nSPS) is 11.4. The lowest BCUT2D eigenvalue weighted by molar-refractivity contribution is 1.10. The number of imidazole rings is 1. The fourth-order valence-corrected chi connectivity index (χ4v) is 8.91. The predicted molar refractivity (Wildman–Crippen MR) is 265 cm³/mol. The van der Waals surface area contributed by atoms with Crippen molar-refractivity contribution in [2.75, 3.05) is 0 Å². The monoisotopic (exact) mass is 830 g/mol. The summed E-state index contributed by atoms with van der Waals surface area (Å²) in [5.41, 5.74) is 12.7. The summed E-state index contributed by atoms with van der Waals surface area (Å²) >= 11 is 0. The summed E-state index contributed by atoms with van der Waals surface area (Å²) in [6, 6.07) is 79.6. The molecule has 9 aromatic carbocycles. The second-order valence-corrected chi connectivity index (χ2v) is 16.1. The minimum atomic E-state index is 0.577. The third-order valence-electron chi connectivity index (χ3n) is 12.0. The Morgan fingerprint density at radius 2 is 0.723 bits per heavy atom. The first-order valence-electron chi connectivity index (χ1n) is 21.7. The molecule has 3 aromatic heterocycles. The van der Waals surface area contributed by atoms with Crippen LogP contribution >= 0.6 is 0 Å². The van der Waals surface area contributed by atoms with E-state index in [1.807, 2.05) is 48.5 Å². The van der Waals surface area contributed by atoms with E-state index in [-0.39, 0.29) is 0 Å². The Bertz CT molecular complexity index is 3520. The van der Waals surface area contributed by atoms with E-state index in [1.165, 1.54) is 0 Å². The summed E-state index contributed by atoms with van der Waals surface area (Å²) in [6.07, 6.45) is 0. The van der Waals surface area contributed by atoms with Crippen LogP contribution in [0.2, 0.25) is 0 Å². The van der Waals surface area contributed by atoms with E-state index in [4.69, 9.17) is 24.9 Å². The van der Waals surface area contributed by atoms with Gasteiger partial charge in [-0.15, -0.1) is 0 Å². The molecule has 0 aliphatic carbocycles. The van der Waals surface area contributed by atoms with Gasteiger partial charge in [0.15, 0.2) is 11.6 Å². The molecule has 6 heteroatoms. The van der Waals surface area contributed by atoms with Gasteiger partial charge in [-0.3, -0.25) is 4.57 Å². The van der Waals surface area contributed by atoms with Crippen molar-refractivity contribution < 1.29 is 0 Å². The summed E-state index contributed by atoms with van der Waals surface area (Å²) in [5, 5.41) is 4.54. The number of fused-ring (bicyclic) bond motifs is 3. The van der Waals surface area contributed by atoms with Crippen LogP contribution in [0.3, 0.4) is 0 Å². The van der Waals surface area contributed by atoms with Gasteiger partial charge in [-0.25, -0.2) is 24.9 Å². The van der Waals surface area contributed by atoms with Crippen molar-refractivity contribution in [2.45, 2.75) is 0 Å². The van der Waals surface area contributed by atoms with Gasteiger partial charge >= 0.3 is 0 Å². The van der Waals surface area contributed by atoms with E-state index in [2.05, 4.69) is 187 Å². The molecule has 0 atom stereocenters. The van der Waals surface area contributed by atoms with Crippen molar-refractivity contribution in [3.8, 4) is 84.9 Å². The zero-order chi connectivity index (χ0) is 43.1. The maximum absolute atomic E-state index is 5.43. The lowest BCUT2D eigenvalue weighted by Crippen LogP contribution is -2.01. The molecule has 0 aliphatic heterocycles. The van der Waals surface area contributed by atoms with Crippen LogP contribution in [0, 0.1) is 0 Å². The average molecular weight is 831 g/mol. The third kappa shape index (κ3) is 7.09. The van der Waals surface area contributed by atoms with Gasteiger partial charge in [0, 0.05) is 44.6 Å². The largest absolute Gasteiger partial charge is 0.292 e. The highest BCUT2D eigenvalue weighted by Crippen LogP contribution is 2.38. The molecular formula is C59H38N6. The van der Waals surface area contributed by atoms with E-state index < -0.39 is 0 Å². The van der Waals surface area contributed by atoms with Crippen molar-refractivity contribution >= 4 is 32.6 Å². The maximum Gasteiger partial charge on any atom is 0.160 e. The fourth-order valence-electron chi connectivity index (χ4n) is 8.91. The zero-order valence-electron chi connectivity index (χ0n) is 35.1. The second kappa shape index (κ2) is 16.1. The van der Waals surface area contributed by atoms with Crippen LogP contribution in [0.5, 0.6) is 0 Å². The molecule has 3 heterocycles. The highest BCUT2D eigenvalue weighted by molar-refractivity contribution is 5.98. The van der Waals surface area contributed by atoms with Crippen molar-refractivity contribution in [1.82, 2.24) is 29.5 Å². The molecule has 0 N–H and O–H groups in total. The van der Waals surface area contributed by atoms with E-state index in [0.717, 1.165) is 106 Å². The molecule has 65 heavy (non-hydrogen) atoms. The quantitative estimate of drug-likeness (QED) is 0.153. The summed E-state index contributed by atoms with van der Waals surface area (Å²) in [7, 11) is 0. The fraction of sp³-hybridized carbons (Fsp3) is 0. The standard InChI is InChI=1S/C59H38N6/c1-4-20-41(21-5-1)52-37-54(49-30-16-24-39-18-10-12-28-47(39)49)62-57(60-52)43-34-44(36-45(35-43)59-64-51-32-14-15-33-56(51)65(59)46-26-8-3-9-27-46)58-61-53(42-22-6-2-7-23-42)38-55(63-58)50-31-17-25-40-19-11-13-29-48(40)50/h1-38H. The number of para-hydroxylation sites is 3. The van der Waals surface area contributed by atoms with Crippen molar-refractivity contribution in [1.29, 1.82) is 0 Å². The van der Waals surface area contributed by atoms with Crippen LogP contribution in [0.15, 0.2) is 231 Å². The van der Waals surface area contributed by atoms with Crippen LogP contribution in [-0.4, -0.2) is 29.5 Å². The Morgan fingerprint density at radius 1 is 0.292 bits per heavy atom. The first-order valence-corrected chi connectivity index (χ1v) is 21.7. The van der Waals surface area contributed by atoms with E-state index in [0.29, 0.717) is 11.6 Å². The molecule has 0 bridgehead atoms. The summed E-state index contributed by atoms with van der Waals surface area (Å²) in [4.78, 5) is 26.9. The summed E-state index contributed by atoms with van der Waals surface area (Å²) in [5.74, 6) is 1.93. The topological polar surface area (TPSA) is 69.4 Å². The van der Waals surface area contributed by atoms with E-state index in [9.17, 15) is 0 Å². The lowest BCUT2D eigenvalue weighted by Gasteiger charge is -2.15. The van der Waals surface area contributed by atoms with Gasteiger partial charge in [0.25, 0.3) is 0 Å². The molecule has 0 fully saturated rings. The second-order valence-electron chi connectivity index (χ2n) is 16.1. The van der Waals surface area contributed by atoms with Crippen LogP contribution in [-0.2, 0) is 0 Å². The highest BCUT2D eigenvalue weighted by atomic mass is 15.1. The molecule has 12 rings (SSSR count). The number of aromatic nitrogens is 6. The molecule has 0 aliphatic rings. The van der Waals surface area contributed by atoms with Crippen LogP contribution in [0.1, 0.15) is 0 Å². The van der Waals surface area contributed by atoms with Crippen molar-refractivity contribution in [3.05, 3.63) is 231 Å². The molecule has 0 radical (unpaired) electrons. The SMILES string of the molecule is c1ccc(-c2cc(-c3cccc4ccccc34)nc(-c3cc(-c4nc(-c5ccccc5)cc(-c5cccc6ccccc56)n4)cc(-c4nc5ccccc5n4-c4ccccc4)c3)n2)cc1. The lowest BCUT2D eigenvalue weighted by atomic mass is 9.99. The number of hydrogen-bond acceptors (Lipinski definition) is 5. The van der Waals surface area contributed by atoms with Gasteiger partial charge < -0.3 is 0 Å². The third-order valence-corrected chi connectivity index (χ3v) is 12.0. The summed E-state index contributed by atoms with van der Waals surface area (Å²) in [6.45, 7) is 0. The van der Waals surface area contributed by atoms with Crippen LogP contribution in [0.4, 0.5) is 0 Å². The minimum absolute atomic E-state index is 0.577.